The van der Waals surface area contributed by atoms with Crippen molar-refractivity contribution in [3.63, 3.8) is 0 Å². The van der Waals surface area contributed by atoms with Gasteiger partial charge < -0.3 is 10.8 Å². The van der Waals surface area contributed by atoms with Crippen LogP contribution in [0, 0.1) is 6.92 Å². The summed E-state index contributed by atoms with van der Waals surface area (Å²) in [5.74, 6) is 0. The first-order valence-corrected chi connectivity index (χ1v) is 5.43. The third-order valence-corrected chi connectivity index (χ3v) is 2.52. The minimum absolute atomic E-state index is 0.0495. The molecule has 0 bridgehead atoms. The van der Waals surface area contributed by atoms with Gasteiger partial charge in [-0.15, -0.1) is 0 Å². The average Bonchev–Trinajstić information content (AvgIpc) is 2.59. The highest BCUT2D eigenvalue weighted by Crippen LogP contribution is 2.10. The summed E-state index contributed by atoms with van der Waals surface area (Å²) in [6.07, 6.45) is 4.91. The van der Waals surface area contributed by atoms with E-state index in [1.807, 2.05) is 30.8 Å². The number of rotatable bonds is 6. The summed E-state index contributed by atoms with van der Waals surface area (Å²) in [6, 6.07) is 2.00. The third-order valence-electron chi connectivity index (χ3n) is 2.52. The SMILES string of the molecule is Cc1ccn(CCCCC(C)(N)CO)n1. The summed E-state index contributed by atoms with van der Waals surface area (Å²) in [7, 11) is 0. The molecule has 1 unspecified atom stereocenters. The van der Waals surface area contributed by atoms with E-state index < -0.39 is 5.54 Å². The van der Waals surface area contributed by atoms with Gasteiger partial charge in [0, 0.05) is 18.3 Å². The molecule has 0 amide bonds. The molecule has 1 aromatic heterocycles. The predicted octanol–water partition coefficient (Wildman–Crippen LogP) is 1.07. The summed E-state index contributed by atoms with van der Waals surface area (Å²) >= 11 is 0. The molecule has 4 heteroatoms. The highest BCUT2D eigenvalue weighted by molar-refractivity contribution is 4.94. The van der Waals surface area contributed by atoms with Crippen LogP contribution in [0.15, 0.2) is 12.3 Å². The van der Waals surface area contributed by atoms with E-state index in [0.717, 1.165) is 31.5 Å². The lowest BCUT2D eigenvalue weighted by molar-refractivity contribution is 0.197. The molecular weight excluding hydrogens is 190 g/mol. The van der Waals surface area contributed by atoms with Gasteiger partial charge >= 0.3 is 0 Å². The van der Waals surface area contributed by atoms with Gasteiger partial charge in [-0.05, 0) is 39.2 Å². The molecule has 0 aromatic carbocycles. The molecular formula is C11H21N3O. The van der Waals surface area contributed by atoms with Gasteiger partial charge in [0.25, 0.3) is 0 Å². The molecule has 0 saturated carbocycles. The maximum atomic E-state index is 8.97. The molecule has 0 saturated heterocycles. The Balaban J connectivity index is 2.17. The van der Waals surface area contributed by atoms with E-state index in [1.165, 1.54) is 0 Å². The molecule has 0 aliphatic rings. The van der Waals surface area contributed by atoms with Crippen LogP contribution in [0.2, 0.25) is 0 Å². The highest BCUT2D eigenvalue weighted by atomic mass is 16.3. The Labute approximate surface area is 91.1 Å². The van der Waals surface area contributed by atoms with Crippen LogP contribution in [0.1, 0.15) is 31.9 Å². The molecule has 0 fully saturated rings. The van der Waals surface area contributed by atoms with Crippen LogP contribution >= 0.6 is 0 Å². The standard InChI is InChI=1S/C11H21N3O/c1-10-5-8-14(13-10)7-4-3-6-11(2,12)9-15/h5,8,15H,3-4,6-7,9,12H2,1-2H3. The quantitative estimate of drug-likeness (QED) is 0.692. The fourth-order valence-corrected chi connectivity index (χ4v) is 1.47. The van der Waals surface area contributed by atoms with Crippen LogP contribution in [-0.2, 0) is 6.54 Å². The number of hydrogen-bond donors (Lipinski definition) is 2. The molecule has 4 nitrogen and oxygen atoms in total. The van der Waals surface area contributed by atoms with Crippen molar-refractivity contribution < 1.29 is 5.11 Å². The molecule has 0 spiro atoms. The van der Waals surface area contributed by atoms with Crippen LogP contribution in [-0.4, -0.2) is 27.0 Å². The summed E-state index contributed by atoms with van der Waals surface area (Å²) in [6.45, 7) is 4.84. The second-order valence-electron chi connectivity index (χ2n) is 4.49. The second kappa shape index (κ2) is 5.28. The summed E-state index contributed by atoms with van der Waals surface area (Å²) in [5.41, 5.74) is 6.45. The van der Waals surface area contributed by atoms with Gasteiger partial charge in [0.05, 0.1) is 12.3 Å². The lowest BCUT2D eigenvalue weighted by Crippen LogP contribution is -2.39. The zero-order valence-electron chi connectivity index (χ0n) is 9.61. The Kier molecular flexibility index (Phi) is 4.29. The number of aryl methyl sites for hydroxylation is 2. The number of aliphatic hydroxyl groups is 1. The Morgan fingerprint density at radius 1 is 1.53 bits per heavy atom. The van der Waals surface area contributed by atoms with Gasteiger partial charge in [0.2, 0.25) is 0 Å². The van der Waals surface area contributed by atoms with E-state index in [2.05, 4.69) is 5.10 Å². The molecule has 1 heterocycles. The molecule has 0 aliphatic carbocycles. The van der Waals surface area contributed by atoms with Gasteiger partial charge in [-0.25, -0.2) is 0 Å². The average molecular weight is 211 g/mol. The van der Waals surface area contributed by atoms with Crippen LogP contribution in [0.3, 0.4) is 0 Å². The lowest BCUT2D eigenvalue weighted by Gasteiger charge is -2.21. The van der Waals surface area contributed by atoms with E-state index in [-0.39, 0.29) is 6.61 Å². The van der Waals surface area contributed by atoms with Gasteiger partial charge in [-0.2, -0.15) is 5.10 Å². The fraction of sp³-hybridized carbons (Fsp3) is 0.727. The minimum Gasteiger partial charge on any atom is -0.394 e. The number of nitrogens with two attached hydrogens (primary N) is 1. The Morgan fingerprint density at radius 2 is 2.27 bits per heavy atom. The highest BCUT2D eigenvalue weighted by Gasteiger charge is 2.15. The van der Waals surface area contributed by atoms with Crippen molar-refractivity contribution in [2.75, 3.05) is 6.61 Å². The normalized spacial score (nSPS) is 15.2. The first-order chi connectivity index (χ1) is 7.03. The van der Waals surface area contributed by atoms with Gasteiger partial charge in [0.15, 0.2) is 0 Å². The van der Waals surface area contributed by atoms with Gasteiger partial charge in [-0.3, -0.25) is 4.68 Å². The third kappa shape index (κ3) is 4.44. The first-order valence-electron chi connectivity index (χ1n) is 5.43. The van der Waals surface area contributed by atoms with Crippen molar-refractivity contribution in [1.29, 1.82) is 0 Å². The van der Waals surface area contributed by atoms with Crippen molar-refractivity contribution in [3.05, 3.63) is 18.0 Å². The van der Waals surface area contributed by atoms with Crippen LogP contribution in [0.5, 0.6) is 0 Å². The van der Waals surface area contributed by atoms with Crippen molar-refractivity contribution in [3.8, 4) is 0 Å². The number of aromatic nitrogens is 2. The minimum atomic E-state index is -0.431. The van der Waals surface area contributed by atoms with E-state index in [1.54, 1.807) is 0 Å². The van der Waals surface area contributed by atoms with Crippen molar-refractivity contribution in [2.45, 2.75) is 45.2 Å². The second-order valence-corrected chi connectivity index (χ2v) is 4.49. The van der Waals surface area contributed by atoms with Crippen molar-refractivity contribution in [1.82, 2.24) is 9.78 Å². The van der Waals surface area contributed by atoms with E-state index >= 15 is 0 Å². The van der Waals surface area contributed by atoms with Crippen molar-refractivity contribution >= 4 is 0 Å². The zero-order chi connectivity index (χ0) is 11.3. The summed E-state index contributed by atoms with van der Waals surface area (Å²) in [5, 5.41) is 13.3. The van der Waals surface area contributed by atoms with Crippen LogP contribution in [0.25, 0.3) is 0 Å². The zero-order valence-corrected chi connectivity index (χ0v) is 9.61. The fourth-order valence-electron chi connectivity index (χ4n) is 1.47. The number of nitrogens with zero attached hydrogens (tertiary/aromatic N) is 2. The first kappa shape index (κ1) is 12.2. The lowest BCUT2D eigenvalue weighted by atomic mass is 9.97. The molecule has 1 rings (SSSR count). The molecule has 0 aliphatic heterocycles. The van der Waals surface area contributed by atoms with Crippen LogP contribution < -0.4 is 5.73 Å². The van der Waals surface area contributed by atoms with E-state index in [4.69, 9.17) is 10.8 Å². The maximum Gasteiger partial charge on any atom is 0.0608 e. The molecule has 1 aromatic rings. The largest absolute Gasteiger partial charge is 0.394 e. The topological polar surface area (TPSA) is 64.1 Å². The maximum absolute atomic E-state index is 8.97. The Morgan fingerprint density at radius 3 is 2.80 bits per heavy atom. The van der Waals surface area contributed by atoms with Gasteiger partial charge in [-0.1, -0.05) is 0 Å². The molecule has 15 heavy (non-hydrogen) atoms. The number of aliphatic hydroxyl groups excluding tert-OH is 1. The molecule has 86 valence electrons. The number of unbranched alkanes of at least 4 members (excludes halogenated alkanes) is 1. The smallest absolute Gasteiger partial charge is 0.0608 e. The predicted molar refractivity (Wildman–Crippen MR) is 60.5 cm³/mol. The summed E-state index contributed by atoms with van der Waals surface area (Å²) < 4.78 is 1.95. The van der Waals surface area contributed by atoms with E-state index in [9.17, 15) is 0 Å². The Bertz CT molecular complexity index is 294. The molecule has 0 radical (unpaired) electrons. The monoisotopic (exact) mass is 211 g/mol. The van der Waals surface area contributed by atoms with E-state index in [0.29, 0.717) is 0 Å². The van der Waals surface area contributed by atoms with Crippen molar-refractivity contribution in [2.24, 2.45) is 5.73 Å². The van der Waals surface area contributed by atoms with Crippen LogP contribution in [0.4, 0.5) is 0 Å². The number of hydrogen-bond acceptors (Lipinski definition) is 3. The molecule has 3 N–H and O–H groups in total. The van der Waals surface area contributed by atoms with Gasteiger partial charge in [0.1, 0.15) is 0 Å². The molecule has 1 atom stereocenters. The Hall–Kier alpha value is -0.870. The summed E-state index contributed by atoms with van der Waals surface area (Å²) in [4.78, 5) is 0.